The first kappa shape index (κ1) is 8.08. The molecule has 12 heavy (non-hydrogen) atoms. The van der Waals surface area contributed by atoms with Crippen molar-refractivity contribution in [3.8, 4) is 0 Å². The van der Waals surface area contributed by atoms with Crippen molar-refractivity contribution in [3.05, 3.63) is 24.4 Å². The molecule has 0 N–H and O–H groups in total. The molecular weight excluding hydrogens is 168 g/mol. The van der Waals surface area contributed by atoms with Gasteiger partial charge in [0.15, 0.2) is 0 Å². The Bertz CT molecular complexity index is 232. The average Bonchev–Trinajstić information content (AvgIpc) is 2.59. The van der Waals surface area contributed by atoms with Crippen molar-refractivity contribution in [1.82, 2.24) is 10.3 Å². The van der Waals surface area contributed by atoms with E-state index in [0.29, 0.717) is 5.25 Å². The van der Waals surface area contributed by atoms with E-state index in [4.69, 9.17) is 0 Å². The first-order valence-electron chi connectivity index (χ1n) is 4.16. The Balaban J connectivity index is 1.94. The van der Waals surface area contributed by atoms with E-state index in [-0.39, 0.29) is 0 Å². The Morgan fingerprint density at radius 3 is 3.08 bits per heavy atom. The van der Waals surface area contributed by atoms with Crippen molar-refractivity contribution in [2.45, 2.75) is 16.7 Å². The van der Waals surface area contributed by atoms with E-state index in [1.807, 2.05) is 30.1 Å². The summed E-state index contributed by atoms with van der Waals surface area (Å²) in [5.74, 6) is 0. The third-order valence-electron chi connectivity index (χ3n) is 1.87. The van der Waals surface area contributed by atoms with Crippen LogP contribution in [0.4, 0.5) is 0 Å². The molecule has 1 aromatic heterocycles. The third kappa shape index (κ3) is 1.99. The van der Waals surface area contributed by atoms with E-state index in [1.165, 1.54) is 6.42 Å². The number of thioether (sulfide) groups is 1. The van der Waals surface area contributed by atoms with Crippen molar-refractivity contribution in [1.29, 1.82) is 0 Å². The van der Waals surface area contributed by atoms with Gasteiger partial charge in [0.1, 0.15) is 0 Å². The van der Waals surface area contributed by atoms with Gasteiger partial charge in [-0.15, -0.1) is 11.8 Å². The van der Waals surface area contributed by atoms with E-state index < -0.39 is 0 Å². The molecule has 0 aliphatic carbocycles. The molecule has 1 fully saturated rings. The van der Waals surface area contributed by atoms with Gasteiger partial charge in [-0.3, -0.25) is 0 Å². The Labute approximate surface area is 76.8 Å². The highest BCUT2D eigenvalue weighted by Crippen LogP contribution is 2.24. The molecule has 0 spiro atoms. The number of pyridine rings is 1. The van der Waals surface area contributed by atoms with E-state index in [1.54, 1.807) is 0 Å². The van der Waals surface area contributed by atoms with Gasteiger partial charge in [-0.25, -0.2) is 10.3 Å². The first-order valence-corrected chi connectivity index (χ1v) is 5.04. The standard InChI is InChI=1S/C9H11N2S/c1-2-5-11-9(3-1)12-8-4-6-10-7-8/h1-3,5,8H,4,6-7H2. The van der Waals surface area contributed by atoms with Gasteiger partial charge in [0.2, 0.25) is 0 Å². The third-order valence-corrected chi connectivity index (χ3v) is 3.07. The largest absolute Gasteiger partial charge is 0.250 e. The summed E-state index contributed by atoms with van der Waals surface area (Å²) in [5.41, 5.74) is 0. The Kier molecular flexibility index (Phi) is 2.64. The van der Waals surface area contributed by atoms with E-state index in [2.05, 4.69) is 16.4 Å². The van der Waals surface area contributed by atoms with Crippen molar-refractivity contribution in [2.24, 2.45) is 0 Å². The first-order chi connectivity index (χ1) is 5.95. The predicted molar refractivity (Wildman–Crippen MR) is 50.4 cm³/mol. The molecule has 1 aromatic rings. The molecule has 0 bridgehead atoms. The number of nitrogens with zero attached hydrogens (tertiary/aromatic N) is 2. The van der Waals surface area contributed by atoms with Gasteiger partial charge in [0.25, 0.3) is 0 Å². The molecule has 63 valence electrons. The van der Waals surface area contributed by atoms with Crippen LogP contribution in [0.1, 0.15) is 6.42 Å². The molecule has 0 saturated carbocycles. The van der Waals surface area contributed by atoms with Gasteiger partial charge in [-0.1, -0.05) is 6.07 Å². The summed E-state index contributed by atoms with van der Waals surface area (Å²) in [7, 11) is 0. The SMILES string of the molecule is c1ccc(SC2CC[N]C2)nc1. The summed E-state index contributed by atoms with van der Waals surface area (Å²) in [4.78, 5) is 4.26. The lowest BCUT2D eigenvalue weighted by atomic mass is 10.4. The van der Waals surface area contributed by atoms with Crippen LogP contribution in [-0.2, 0) is 0 Å². The van der Waals surface area contributed by atoms with Crippen molar-refractivity contribution < 1.29 is 0 Å². The van der Waals surface area contributed by atoms with Crippen molar-refractivity contribution >= 4 is 11.8 Å². The van der Waals surface area contributed by atoms with Gasteiger partial charge in [-0.05, 0) is 18.6 Å². The molecule has 2 rings (SSSR count). The van der Waals surface area contributed by atoms with Crippen LogP contribution in [0.25, 0.3) is 0 Å². The van der Waals surface area contributed by atoms with Crippen LogP contribution >= 0.6 is 11.8 Å². The van der Waals surface area contributed by atoms with Crippen LogP contribution in [0.5, 0.6) is 0 Å². The van der Waals surface area contributed by atoms with Gasteiger partial charge in [0, 0.05) is 24.5 Å². The number of hydrogen-bond acceptors (Lipinski definition) is 2. The summed E-state index contributed by atoms with van der Waals surface area (Å²) >= 11 is 1.85. The molecule has 1 saturated heterocycles. The minimum Gasteiger partial charge on any atom is -0.250 e. The summed E-state index contributed by atoms with van der Waals surface area (Å²) < 4.78 is 0. The summed E-state index contributed by atoms with van der Waals surface area (Å²) in [6.45, 7) is 2.03. The van der Waals surface area contributed by atoms with Crippen molar-refractivity contribution in [3.63, 3.8) is 0 Å². The zero-order valence-corrected chi connectivity index (χ0v) is 7.63. The summed E-state index contributed by atoms with van der Waals surface area (Å²) in [6.07, 6.45) is 3.05. The maximum atomic E-state index is 4.31. The second-order valence-electron chi connectivity index (χ2n) is 2.83. The zero-order chi connectivity index (χ0) is 8.23. The van der Waals surface area contributed by atoms with Crippen LogP contribution in [0, 0.1) is 0 Å². The molecular formula is C9H11N2S. The van der Waals surface area contributed by atoms with Crippen molar-refractivity contribution in [2.75, 3.05) is 13.1 Å². The highest BCUT2D eigenvalue weighted by molar-refractivity contribution is 7.99. The van der Waals surface area contributed by atoms with E-state index in [9.17, 15) is 0 Å². The molecule has 3 heteroatoms. The second kappa shape index (κ2) is 3.92. The fraction of sp³-hybridized carbons (Fsp3) is 0.444. The maximum Gasteiger partial charge on any atom is 0.0962 e. The predicted octanol–water partition coefficient (Wildman–Crippen LogP) is 1.55. The topological polar surface area (TPSA) is 27.0 Å². The normalized spacial score (nSPS) is 22.8. The van der Waals surface area contributed by atoms with Gasteiger partial charge in [-0.2, -0.15) is 0 Å². The lowest BCUT2D eigenvalue weighted by Gasteiger charge is -2.05. The number of aromatic nitrogens is 1. The fourth-order valence-corrected chi connectivity index (χ4v) is 2.27. The van der Waals surface area contributed by atoms with Gasteiger partial charge < -0.3 is 0 Å². The molecule has 1 unspecified atom stereocenters. The van der Waals surface area contributed by atoms with Gasteiger partial charge >= 0.3 is 0 Å². The van der Waals surface area contributed by atoms with Gasteiger partial charge in [0.05, 0.1) is 5.03 Å². The molecule has 1 atom stereocenters. The molecule has 2 heterocycles. The minimum atomic E-state index is 0.667. The average molecular weight is 179 g/mol. The molecule has 1 aliphatic heterocycles. The van der Waals surface area contributed by atoms with E-state index in [0.717, 1.165) is 18.1 Å². The molecule has 1 radical (unpaired) electrons. The molecule has 0 amide bonds. The summed E-state index contributed by atoms with van der Waals surface area (Å²) in [5, 5.41) is 6.10. The van der Waals surface area contributed by atoms with Crippen LogP contribution < -0.4 is 5.32 Å². The Morgan fingerprint density at radius 1 is 1.42 bits per heavy atom. The smallest absolute Gasteiger partial charge is 0.0962 e. The van der Waals surface area contributed by atoms with Crippen LogP contribution in [0.3, 0.4) is 0 Å². The lowest BCUT2D eigenvalue weighted by Crippen LogP contribution is -2.04. The Hall–Kier alpha value is -0.540. The maximum absolute atomic E-state index is 4.31. The molecule has 2 nitrogen and oxygen atoms in total. The zero-order valence-electron chi connectivity index (χ0n) is 6.81. The quantitative estimate of drug-likeness (QED) is 0.688. The molecule has 0 aromatic carbocycles. The monoisotopic (exact) mass is 179 g/mol. The van der Waals surface area contributed by atoms with Crippen LogP contribution in [0.2, 0.25) is 0 Å². The highest BCUT2D eigenvalue weighted by Gasteiger charge is 2.16. The highest BCUT2D eigenvalue weighted by atomic mass is 32.2. The number of rotatable bonds is 2. The Morgan fingerprint density at radius 2 is 2.42 bits per heavy atom. The second-order valence-corrected chi connectivity index (χ2v) is 4.15. The molecule has 1 aliphatic rings. The van der Waals surface area contributed by atoms with E-state index >= 15 is 0 Å². The minimum absolute atomic E-state index is 0.667. The fourth-order valence-electron chi connectivity index (χ4n) is 1.25. The number of hydrogen-bond donors (Lipinski definition) is 0. The lowest BCUT2D eigenvalue weighted by molar-refractivity contribution is 0.838. The summed E-state index contributed by atoms with van der Waals surface area (Å²) in [6, 6.07) is 6.04. The van der Waals surface area contributed by atoms with Crippen LogP contribution in [0.15, 0.2) is 29.4 Å². The van der Waals surface area contributed by atoms with Crippen LogP contribution in [-0.4, -0.2) is 23.3 Å².